The highest BCUT2D eigenvalue weighted by Crippen LogP contribution is 2.32. The molecule has 0 bridgehead atoms. The molecule has 0 spiro atoms. The van der Waals surface area contributed by atoms with E-state index in [-0.39, 0.29) is 5.91 Å². The van der Waals surface area contributed by atoms with Gasteiger partial charge in [0.25, 0.3) is 0 Å². The highest BCUT2D eigenvalue weighted by molar-refractivity contribution is 7.19. The highest BCUT2D eigenvalue weighted by atomic mass is 32.1. The summed E-state index contributed by atoms with van der Waals surface area (Å²) in [7, 11) is 0. The van der Waals surface area contributed by atoms with Gasteiger partial charge in [0, 0.05) is 31.6 Å². The summed E-state index contributed by atoms with van der Waals surface area (Å²) in [6, 6.07) is 0.571. The van der Waals surface area contributed by atoms with Gasteiger partial charge in [0.05, 0.1) is 22.5 Å². The Morgan fingerprint density at radius 1 is 1.36 bits per heavy atom. The predicted octanol–water partition coefficient (Wildman–Crippen LogP) is 3.45. The molecule has 3 rings (SSSR count). The van der Waals surface area contributed by atoms with Crippen LogP contribution in [-0.4, -0.2) is 44.9 Å². The van der Waals surface area contributed by atoms with Gasteiger partial charge in [0.15, 0.2) is 5.13 Å². The first-order valence-electron chi connectivity index (χ1n) is 8.75. The average molecular weight is 359 g/mol. The molecule has 1 fully saturated rings. The molecule has 2 aromatic heterocycles. The van der Waals surface area contributed by atoms with Gasteiger partial charge in [0.2, 0.25) is 5.91 Å². The first-order chi connectivity index (χ1) is 11.9. The fourth-order valence-electron chi connectivity index (χ4n) is 3.22. The SMILES string of the molecule is CC(=O)Nc1nc(C)c(-c2cnc([C@@H]3CCCN(C(C)C)C3)cn2)s1. The number of aryl methyl sites for hydroxylation is 1. The number of thiazole rings is 1. The molecular formula is C18H25N5OS. The Morgan fingerprint density at radius 3 is 2.80 bits per heavy atom. The van der Waals surface area contributed by atoms with E-state index >= 15 is 0 Å². The third-order valence-electron chi connectivity index (χ3n) is 4.59. The zero-order valence-corrected chi connectivity index (χ0v) is 16.1. The number of likely N-dealkylation sites (tertiary alicyclic amines) is 1. The zero-order valence-electron chi connectivity index (χ0n) is 15.2. The summed E-state index contributed by atoms with van der Waals surface area (Å²) in [5.41, 5.74) is 2.74. The van der Waals surface area contributed by atoms with E-state index < -0.39 is 0 Å². The smallest absolute Gasteiger partial charge is 0.223 e. The quantitative estimate of drug-likeness (QED) is 0.905. The van der Waals surface area contributed by atoms with E-state index in [0.29, 0.717) is 17.1 Å². The molecule has 0 radical (unpaired) electrons. The first kappa shape index (κ1) is 17.9. The Bertz CT molecular complexity index is 740. The molecule has 2 aromatic rings. The van der Waals surface area contributed by atoms with Crippen LogP contribution < -0.4 is 5.32 Å². The molecule has 1 N–H and O–H groups in total. The van der Waals surface area contributed by atoms with Crippen LogP contribution in [-0.2, 0) is 4.79 Å². The van der Waals surface area contributed by atoms with Gasteiger partial charge in [0.1, 0.15) is 5.69 Å². The number of hydrogen-bond acceptors (Lipinski definition) is 6. The van der Waals surface area contributed by atoms with E-state index in [0.717, 1.165) is 28.5 Å². The van der Waals surface area contributed by atoms with E-state index in [1.807, 2.05) is 19.3 Å². The van der Waals surface area contributed by atoms with Crippen LogP contribution in [0.2, 0.25) is 0 Å². The van der Waals surface area contributed by atoms with Crippen molar-refractivity contribution >= 4 is 22.4 Å². The summed E-state index contributed by atoms with van der Waals surface area (Å²) in [4.78, 5) is 28.3. The normalized spacial score (nSPS) is 18.5. The second-order valence-corrected chi connectivity index (χ2v) is 7.87. The van der Waals surface area contributed by atoms with Crippen molar-refractivity contribution in [3.05, 3.63) is 23.8 Å². The van der Waals surface area contributed by atoms with Gasteiger partial charge in [-0.3, -0.25) is 14.8 Å². The van der Waals surface area contributed by atoms with E-state index in [1.165, 1.54) is 37.6 Å². The molecule has 0 unspecified atom stereocenters. The molecule has 1 amide bonds. The maximum Gasteiger partial charge on any atom is 0.223 e. The molecule has 0 saturated carbocycles. The fraction of sp³-hybridized carbons (Fsp3) is 0.556. The summed E-state index contributed by atoms with van der Waals surface area (Å²) < 4.78 is 0. The van der Waals surface area contributed by atoms with Crippen molar-refractivity contribution in [2.75, 3.05) is 18.4 Å². The molecule has 134 valence electrons. The molecular weight excluding hydrogens is 334 g/mol. The maximum atomic E-state index is 11.2. The molecule has 1 aliphatic rings. The van der Waals surface area contributed by atoms with Gasteiger partial charge in [-0.05, 0) is 40.2 Å². The lowest BCUT2D eigenvalue weighted by Gasteiger charge is -2.35. The molecule has 0 aliphatic carbocycles. The minimum absolute atomic E-state index is 0.117. The van der Waals surface area contributed by atoms with Crippen molar-refractivity contribution in [2.45, 2.75) is 52.5 Å². The number of carbonyl (C=O) groups is 1. The fourth-order valence-corrected chi connectivity index (χ4v) is 4.20. The van der Waals surface area contributed by atoms with Crippen LogP contribution in [0.4, 0.5) is 5.13 Å². The Morgan fingerprint density at radius 2 is 2.16 bits per heavy atom. The zero-order chi connectivity index (χ0) is 18.0. The summed E-state index contributed by atoms with van der Waals surface area (Å²) in [6.07, 6.45) is 6.12. The van der Waals surface area contributed by atoms with Crippen molar-refractivity contribution in [2.24, 2.45) is 0 Å². The Hall–Kier alpha value is -1.86. The van der Waals surface area contributed by atoms with Gasteiger partial charge < -0.3 is 10.2 Å². The topological polar surface area (TPSA) is 71.0 Å². The minimum Gasteiger partial charge on any atom is -0.302 e. The molecule has 1 aliphatic heterocycles. The molecule has 0 aromatic carbocycles. The van der Waals surface area contributed by atoms with Crippen molar-refractivity contribution in [1.29, 1.82) is 0 Å². The van der Waals surface area contributed by atoms with Crippen molar-refractivity contribution in [3.8, 4) is 10.6 Å². The Kier molecular flexibility index (Phi) is 5.44. The maximum absolute atomic E-state index is 11.2. The monoisotopic (exact) mass is 359 g/mol. The lowest BCUT2D eigenvalue weighted by molar-refractivity contribution is -0.114. The summed E-state index contributed by atoms with van der Waals surface area (Å²) >= 11 is 1.43. The van der Waals surface area contributed by atoms with E-state index in [2.05, 4.69) is 39.0 Å². The van der Waals surface area contributed by atoms with Crippen molar-refractivity contribution < 1.29 is 4.79 Å². The van der Waals surface area contributed by atoms with E-state index in [4.69, 9.17) is 0 Å². The van der Waals surface area contributed by atoms with Gasteiger partial charge in [-0.15, -0.1) is 0 Å². The minimum atomic E-state index is -0.117. The van der Waals surface area contributed by atoms with Crippen LogP contribution in [0, 0.1) is 6.92 Å². The van der Waals surface area contributed by atoms with Crippen LogP contribution in [0.1, 0.15) is 50.9 Å². The number of carbonyl (C=O) groups excluding carboxylic acids is 1. The van der Waals surface area contributed by atoms with Crippen LogP contribution in [0.25, 0.3) is 10.6 Å². The standard InChI is InChI=1S/C18H25N5OS/c1-11(2)23-7-5-6-14(10-23)15-8-20-16(9-19-15)17-12(3)21-18(25-17)22-13(4)24/h8-9,11,14H,5-7,10H2,1-4H3,(H,21,22,24)/t14-/m1/s1. The number of nitrogens with zero attached hydrogens (tertiary/aromatic N) is 4. The van der Waals surface area contributed by atoms with Crippen molar-refractivity contribution in [1.82, 2.24) is 19.9 Å². The highest BCUT2D eigenvalue weighted by Gasteiger charge is 2.24. The van der Waals surface area contributed by atoms with E-state index in [9.17, 15) is 4.79 Å². The number of anilines is 1. The number of aromatic nitrogens is 3. The molecule has 3 heterocycles. The van der Waals surface area contributed by atoms with Gasteiger partial charge >= 0.3 is 0 Å². The molecule has 25 heavy (non-hydrogen) atoms. The van der Waals surface area contributed by atoms with Gasteiger partial charge in [-0.1, -0.05) is 11.3 Å². The van der Waals surface area contributed by atoms with E-state index in [1.54, 1.807) is 0 Å². The third-order valence-corrected chi connectivity index (χ3v) is 5.68. The Labute approximate surface area is 152 Å². The second-order valence-electron chi connectivity index (χ2n) is 6.87. The number of piperidine rings is 1. The van der Waals surface area contributed by atoms with Crippen LogP contribution in [0.15, 0.2) is 12.4 Å². The number of nitrogens with one attached hydrogen (secondary N) is 1. The lowest BCUT2D eigenvalue weighted by atomic mass is 9.94. The van der Waals surface area contributed by atoms with Crippen LogP contribution in [0.5, 0.6) is 0 Å². The van der Waals surface area contributed by atoms with Crippen molar-refractivity contribution in [3.63, 3.8) is 0 Å². The molecule has 1 saturated heterocycles. The van der Waals surface area contributed by atoms with Gasteiger partial charge in [-0.2, -0.15) is 0 Å². The lowest BCUT2D eigenvalue weighted by Crippen LogP contribution is -2.39. The van der Waals surface area contributed by atoms with Gasteiger partial charge in [-0.25, -0.2) is 4.98 Å². The summed E-state index contributed by atoms with van der Waals surface area (Å²) in [5, 5.41) is 3.33. The Balaban J connectivity index is 1.76. The third kappa shape index (κ3) is 4.22. The second kappa shape index (κ2) is 7.58. The number of rotatable bonds is 4. The predicted molar refractivity (Wildman–Crippen MR) is 101 cm³/mol. The first-order valence-corrected chi connectivity index (χ1v) is 9.57. The number of amides is 1. The molecule has 7 heteroatoms. The van der Waals surface area contributed by atoms with Crippen LogP contribution in [0.3, 0.4) is 0 Å². The number of hydrogen-bond donors (Lipinski definition) is 1. The summed E-state index contributed by atoms with van der Waals surface area (Å²) in [5.74, 6) is 0.337. The van der Waals surface area contributed by atoms with Crippen LogP contribution >= 0.6 is 11.3 Å². The average Bonchev–Trinajstić information content (AvgIpc) is 2.94. The molecule has 1 atom stereocenters. The molecule has 6 nitrogen and oxygen atoms in total. The largest absolute Gasteiger partial charge is 0.302 e. The summed E-state index contributed by atoms with van der Waals surface area (Å²) in [6.45, 7) is 10.1.